The van der Waals surface area contributed by atoms with Crippen molar-refractivity contribution in [1.82, 2.24) is 5.43 Å². The largest absolute Gasteiger partial charge is 0.456 e. The van der Waals surface area contributed by atoms with Gasteiger partial charge in [0.2, 0.25) is 0 Å². The predicted octanol–water partition coefficient (Wildman–Crippen LogP) is 1.01. The van der Waals surface area contributed by atoms with E-state index in [2.05, 4.69) is 24.4 Å². The third kappa shape index (κ3) is 4.05. The molecule has 0 bridgehead atoms. The van der Waals surface area contributed by atoms with E-state index in [9.17, 15) is 9.59 Å². The molecule has 1 heterocycles. The van der Waals surface area contributed by atoms with Crippen LogP contribution in [0.25, 0.3) is 0 Å². The topological polar surface area (TPSA) is 93.8 Å². The fraction of sp³-hybridized carbons (Fsp3) is 0.727. The molecule has 2 amide bonds. The van der Waals surface area contributed by atoms with Crippen molar-refractivity contribution in [2.24, 2.45) is 22.7 Å². The van der Waals surface area contributed by atoms with Gasteiger partial charge in [-0.3, -0.25) is 4.79 Å². The molecule has 2 atom stereocenters. The first-order valence-electron chi connectivity index (χ1n) is 5.70. The Morgan fingerprint density at radius 1 is 1.65 bits per heavy atom. The molecule has 1 fully saturated rings. The molecule has 1 aliphatic heterocycles. The lowest BCUT2D eigenvalue weighted by Gasteiger charge is -2.08. The number of ether oxygens (including phenoxy) is 1. The van der Waals surface area contributed by atoms with Gasteiger partial charge in [-0.05, 0) is 19.3 Å². The van der Waals surface area contributed by atoms with E-state index in [1.54, 1.807) is 6.92 Å². The maximum Gasteiger partial charge on any atom is 0.332 e. The minimum atomic E-state index is -0.729. The number of carbonyl (C=O) groups is 2. The first-order chi connectivity index (χ1) is 7.90. The van der Waals surface area contributed by atoms with E-state index in [-0.39, 0.29) is 18.0 Å². The van der Waals surface area contributed by atoms with Gasteiger partial charge in [-0.2, -0.15) is 5.10 Å². The zero-order chi connectivity index (χ0) is 13.0. The minimum absolute atomic E-state index is 0.0706. The Hall–Kier alpha value is -1.59. The number of nitrogens with zero attached hydrogens (tertiary/aromatic N) is 1. The van der Waals surface area contributed by atoms with Crippen molar-refractivity contribution < 1.29 is 14.3 Å². The highest BCUT2D eigenvalue weighted by atomic mass is 16.6. The van der Waals surface area contributed by atoms with Gasteiger partial charge >= 0.3 is 12.0 Å². The predicted molar refractivity (Wildman–Crippen MR) is 63.3 cm³/mol. The first-order valence-corrected chi connectivity index (χ1v) is 5.70. The van der Waals surface area contributed by atoms with Gasteiger partial charge in [-0.25, -0.2) is 10.2 Å². The summed E-state index contributed by atoms with van der Waals surface area (Å²) >= 11 is 0. The molecule has 0 saturated carbocycles. The summed E-state index contributed by atoms with van der Waals surface area (Å²) in [5.74, 6) is 0.198. The highest BCUT2D eigenvalue weighted by molar-refractivity contribution is 5.91. The summed E-state index contributed by atoms with van der Waals surface area (Å²) in [5.41, 5.74) is 7.58. The number of nitrogens with one attached hydrogen (secondary N) is 1. The number of primary amides is 1. The molecule has 0 unspecified atom stereocenters. The molecule has 1 rings (SSSR count). The Labute approximate surface area is 101 Å². The van der Waals surface area contributed by atoms with Gasteiger partial charge in [0, 0.05) is 6.42 Å². The number of cyclic esters (lactones) is 1. The van der Waals surface area contributed by atoms with Crippen LogP contribution in [0.4, 0.5) is 4.79 Å². The van der Waals surface area contributed by atoms with Crippen LogP contribution in [0.1, 0.15) is 33.6 Å². The van der Waals surface area contributed by atoms with E-state index < -0.39 is 6.03 Å². The van der Waals surface area contributed by atoms with E-state index in [1.807, 2.05) is 0 Å². The highest BCUT2D eigenvalue weighted by Crippen LogP contribution is 2.27. The van der Waals surface area contributed by atoms with Crippen molar-refractivity contribution in [2.75, 3.05) is 0 Å². The summed E-state index contributed by atoms with van der Waals surface area (Å²) in [7, 11) is 0. The maximum atomic E-state index is 11.6. The number of carbonyl (C=O) groups excluding carboxylic acids is 2. The molecule has 0 aliphatic carbocycles. The van der Waals surface area contributed by atoms with Crippen LogP contribution in [0.5, 0.6) is 0 Å². The third-order valence-electron chi connectivity index (χ3n) is 2.65. The minimum Gasteiger partial charge on any atom is -0.456 e. The molecule has 0 aromatic carbocycles. The van der Waals surface area contributed by atoms with Gasteiger partial charge in [0.1, 0.15) is 6.10 Å². The molecule has 3 N–H and O–H groups in total. The van der Waals surface area contributed by atoms with Crippen LogP contribution in [0.3, 0.4) is 0 Å². The molecular weight excluding hydrogens is 222 g/mol. The summed E-state index contributed by atoms with van der Waals surface area (Å²) < 4.78 is 5.21. The molecule has 0 aromatic heterocycles. The average Bonchev–Trinajstić information content (AvgIpc) is 2.56. The van der Waals surface area contributed by atoms with Crippen LogP contribution in [-0.2, 0) is 9.53 Å². The number of amides is 2. The van der Waals surface area contributed by atoms with Gasteiger partial charge in [0.15, 0.2) is 0 Å². The van der Waals surface area contributed by atoms with E-state index in [1.165, 1.54) is 0 Å². The number of urea groups is 1. The molecule has 6 heteroatoms. The van der Waals surface area contributed by atoms with Crippen molar-refractivity contribution in [3.05, 3.63) is 0 Å². The van der Waals surface area contributed by atoms with Gasteiger partial charge in [0.05, 0.1) is 11.6 Å². The van der Waals surface area contributed by atoms with E-state index in [0.29, 0.717) is 18.1 Å². The smallest absolute Gasteiger partial charge is 0.332 e. The number of hydrazone groups is 1. The molecule has 6 nitrogen and oxygen atoms in total. The van der Waals surface area contributed by atoms with Crippen molar-refractivity contribution in [2.45, 2.75) is 39.7 Å². The quantitative estimate of drug-likeness (QED) is 0.437. The Bertz CT molecular complexity index is 339. The maximum absolute atomic E-state index is 11.6. The molecule has 17 heavy (non-hydrogen) atoms. The molecule has 1 saturated heterocycles. The SMILES string of the molecule is C/C(=N/NC(N)=O)[C@H]1C[C@H](CC(C)C)C(=O)O1. The Kier molecular flexibility index (Phi) is 4.48. The number of nitrogens with two attached hydrogens (primary N) is 1. The number of hydrogen-bond acceptors (Lipinski definition) is 4. The summed E-state index contributed by atoms with van der Waals surface area (Å²) in [4.78, 5) is 22.1. The molecule has 96 valence electrons. The fourth-order valence-corrected chi connectivity index (χ4v) is 1.87. The van der Waals surface area contributed by atoms with Crippen LogP contribution in [0, 0.1) is 11.8 Å². The second-order valence-corrected chi connectivity index (χ2v) is 4.72. The van der Waals surface area contributed by atoms with Gasteiger partial charge in [-0.1, -0.05) is 13.8 Å². The lowest BCUT2D eigenvalue weighted by molar-refractivity contribution is -0.143. The molecule has 0 aromatic rings. The summed E-state index contributed by atoms with van der Waals surface area (Å²) in [5, 5.41) is 3.77. The second-order valence-electron chi connectivity index (χ2n) is 4.72. The first kappa shape index (κ1) is 13.5. The van der Waals surface area contributed by atoms with Gasteiger partial charge < -0.3 is 10.5 Å². The summed E-state index contributed by atoms with van der Waals surface area (Å²) in [6, 6.07) is -0.729. The standard InChI is InChI=1S/C11H19N3O3/c1-6(2)4-8-5-9(17-10(8)15)7(3)13-14-11(12)16/h6,8-9H,4-5H2,1-3H3,(H3,12,14,16)/b13-7-/t8-,9+/m0/s1. The Morgan fingerprint density at radius 2 is 2.29 bits per heavy atom. The molecule has 1 aliphatic rings. The molecule has 0 radical (unpaired) electrons. The van der Waals surface area contributed by atoms with Gasteiger partial charge in [0.25, 0.3) is 0 Å². The molecule has 0 spiro atoms. The summed E-state index contributed by atoms with van der Waals surface area (Å²) in [6.45, 7) is 5.83. The highest BCUT2D eigenvalue weighted by Gasteiger charge is 2.36. The van der Waals surface area contributed by atoms with Crippen LogP contribution < -0.4 is 11.2 Å². The number of esters is 1. The van der Waals surface area contributed by atoms with Crippen LogP contribution >= 0.6 is 0 Å². The molecular formula is C11H19N3O3. The normalized spacial score (nSPS) is 24.9. The monoisotopic (exact) mass is 241 g/mol. The fourth-order valence-electron chi connectivity index (χ4n) is 1.87. The van der Waals surface area contributed by atoms with Crippen LogP contribution in [0.2, 0.25) is 0 Å². The van der Waals surface area contributed by atoms with Gasteiger partial charge in [-0.15, -0.1) is 0 Å². The van der Waals surface area contributed by atoms with E-state index in [0.717, 1.165) is 6.42 Å². The number of rotatable bonds is 4. The van der Waals surface area contributed by atoms with Crippen molar-refractivity contribution in [3.63, 3.8) is 0 Å². The van der Waals surface area contributed by atoms with Crippen LogP contribution in [0.15, 0.2) is 5.10 Å². The van der Waals surface area contributed by atoms with E-state index in [4.69, 9.17) is 10.5 Å². The lowest BCUT2D eigenvalue weighted by atomic mass is 9.93. The Balaban J connectivity index is 2.56. The number of hydrogen-bond donors (Lipinski definition) is 2. The van der Waals surface area contributed by atoms with Crippen molar-refractivity contribution in [3.8, 4) is 0 Å². The second kappa shape index (κ2) is 5.65. The lowest BCUT2D eigenvalue weighted by Crippen LogP contribution is -2.28. The van der Waals surface area contributed by atoms with Crippen molar-refractivity contribution in [1.29, 1.82) is 0 Å². The van der Waals surface area contributed by atoms with Crippen LogP contribution in [-0.4, -0.2) is 23.8 Å². The zero-order valence-corrected chi connectivity index (χ0v) is 10.4. The zero-order valence-electron chi connectivity index (χ0n) is 10.4. The van der Waals surface area contributed by atoms with Crippen molar-refractivity contribution >= 4 is 17.7 Å². The average molecular weight is 241 g/mol. The third-order valence-corrected chi connectivity index (χ3v) is 2.65. The van der Waals surface area contributed by atoms with E-state index >= 15 is 0 Å². The summed E-state index contributed by atoms with van der Waals surface area (Å²) in [6.07, 6.45) is 1.08. The Morgan fingerprint density at radius 3 is 2.82 bits per heavy atom.